The van der Waals surface area contributed by atoms with Crippen LogP contribution in [0.1, 0.15) is 45.7 Å². The summed E-state index contributed by atoms with van der Waals surface area (Å²) < 4.78 is 14.2. The number of halogens is 1. The van der Waals surface area contributed by atoms with Gasteiger partial charge in [0.15, 0.2) is 0 Å². The van der Waals surface area contributed by atoms with Gasteiger partial charge >= 0.3 is 0 Å². The Kier molecular flexibility index (Phi) is 5.96. The van der Waals surface area contributed by atoms with Gasteiger partial charge in [0.05, 0.1) is 11.3 Å². The zero-order valence-corrected chi connectivity index (χ0v) is 13.2. The van der Waals surface area contributed by atoms with Crippen LogP contribution in [0.2, 0.25) is 0 Å². The first kappa shape index (κ1) is 16.9. The SMILES string of the molecule is CCCNC(C)c1ccc(N(C)CC(C)(C)O)c(F)c1. The van der Waals surface area contributed by atoms with E-state index >= 15 is 0 Å². The molecule has 0 amide bonds. The zero-order valence-electron chi connectivity index (χ0n) is 13.2. The Bertz CT molecular complexity index is 429. The van der Waals surface area contributed by atoms with E-state index in [0.29, 0.717) is 12.2 Å². The molecular weight excluding hydrogens is 255 g/mol. The number of rotatable bonds is 7. The summed E-state index contributed by atoms with van der Waals surface area (Å²) in [6.45, 7) is 8.87. The first-order chi connectivity index (χ1) is 9.24. The Hall–Kier alpha value is -1.13. The van der Waals surface area contributed by atoms with Gasteiger partial charge in [-0.25, -0.2) is 4.39 Å². The number of anilines is 1. The summed E-state index contributed by atoms with van der Waals surface area (Å²) in [6, 6.07) is 5.43. The number of aliphatic hydroxyl groups is 1. The fraction of sp³-hybridized carbons (Fsp3) is 0.625. The van der Waals surface area contributed by atoms with Crippen LogP contribution < -0.4 is 10.2 Å². The van der Waals surface area contributed by atoms with Gasteiger partial charge in [-0.05, 0) is 51.4 Å². The summed E-state index contributed by atoms with van der Waals surface area (Å²) in [5.41, 5.74) is 0.602. The smallest absolute Gasteiger partial charge is 0.146 e. The molecule has 1 aromatic rings. The van der Waals surface area contributed by atoms with Crippen molar-refractivity contribution < 1.29 is 9.50 Å². The second-order valence-corrected chi connectivity index (χ2v) is 6.06. The molecule has 0 aromatic heterocycles. The second-order valence-electron chi connectivity index (χ2n) is 6.06. The summed E-state index contributed by atoms with van der Waals surface area (Å²) >= 11 is 0. The van der Waals surface area contributed by atoms with Gasteiger partial charge < -0.3 is 15.3 Å². The van der Waals surface area contributed by atoms with E-state index < -0.39 is 5.60 Å². The van der Waals surface area contributed by atoms with Crippen LogP contribution in [-0.4, -0.2) is 30.8 Å². The minimum absolute atomic E-state index is 0.137. The summed E-state index contributed by atoms with van der Waals surface area (Å²) in [7, 11) is 1.79. The lowest BCUT2D eigenvalue weighted by Crippen LogP contribution is -2.36. The second kappa shape index (κ2) is 7.04. The van der Waals surface area contributed by atoms with Crippen LogP contribution in [0.5, 0.6) is 0 Å². The highest BCUT2D eigenvalue weighted by molar-refractivity contribution is 5.49. The predicted molar refractivity (Wildman–Crippen MR) is 82.7 cm³/mol. The van der Waals surface area contributed by atoms with Gasteiger partial charge in [0.25, 0.3) is 0 Å². The van der Waals surface area contributed by atoms with Crippen LogP contribution in [-0.2, 0) is 0 Å². The Morgan fingerprint density at radius 1 is 1.40 bits per heavy atom. The Labute approximate surface area is 121 Å². The van der Waals surface area contributed by atoms with Crippen molar-refractivity contribution in [1.29, 1.82) is 0 Å². The molecule has 0 saturated carbocycles. The lowest BCUT2D eigenvalue weighted by atomic mass is 10.1. The molecule has 1 aromatic carbocycles. The third kappa shape index (κ3) is 5.10. The average Bonchev–Trinajstić information content (AvgIpc) is 2.33. The fourth-order valence-electron chi connectivity index (χ4n) is 2.25. The monoisotopic (exact) mass is 282 g/mol. The largest absolute Gasteiger partial charge is 0.389 e. The van der Waals surface area contributed by atoms with Gasteiger partial charge in [-0.3, -0.25) is 0 Å². The number of likely N-dealkylation sites (N-methyl/N-ethyl adjacent to an activating group) is 1. The highest BCUT2D eigenvalue weighted by atomic mass is 19.1. The molecule has 0 radical (unpaired) electrons. The summed E-state index contributed by atoms with van der Waals surface area (Å²) in [5, 5.41) is 13.1. The van der Waals surface area contributed by atoms with Gasteiger partial charge in [-0.1, -0.05) is 13.0 Å². The van der Waals surface area contributed by atoms with Gasteiger partial charge in [0.1, 0.15) is 5.82 Å². The first-order valence-corrected chi connectivity index (χ1v) is 7.21. The summed E-state index contributed by atoms with van der Waals surface area (Å²) in [4.78, 5) is 1.74. The van der Waals surface area contributed by atoms with E-state index in [1.807, 2.05) is 13.0 Å². The van der Waals surface area contributed by atoms with Crippen molar-refractivity contribution in [2.45, 2.75) is 45.8 Å². The molecule has 3 nitrogen and oxygen atoms in total. The van der Waals surface area contributed by atoms with Crippen LogP contribution in [0.15, 0.2) is 18.2 Å². The lowest BCUT2D eigenvalue weighted by Gasteiger charge is -2.28. The molecule has 114 valence electrons. The normalized spacial score (nSPS) is 13.3. The van der Waals surface area contributed by atoms with Crippen LogP contribution >= 0.6 is 0 Å². The molecule has 20 heavy (non-hydrogen) atoms. The predicted octanol–water partition coefficient (Wildman–Crippen LogP) is 3.09. The third-order valence-corrected chi connectivity index (χ3v) is 3.21. The van der Waals surface area contributed by atoms with Crippen molar-refractivity contribution >= 4 is 5.69 Å². The molecule has 0 aliphatic rings. The molecule has 0 saturated heterocycles. The van der Waals surface area contributed by atoms with E-state index in [-0.39, 0.29) is 11.9 Å². The molecular formula is C16H27FN2O. The molecule has 0 aliphatic carbocycles. The number of nitrogens with zero attached hydrogens (tertiary/aromatic N) is 1. The molecule has 0 fully saturated rings. The van der Waals surface area contributed by atoms with Crippen molar-refractivity contribution in [3.8, 4) is 0 Å². The van der Waals surface area contributed by atoms with Crippen molar-refractivity contribution in [3.63, 3.8) is 0 Å². The van der Waals surface area contributed by atoms with Crippen molar-refractivity contribution in [3.05, 3.63) is 29.6 Å². The van der Waals surface area contributed by atoms with Crippen LogP contribution in [0, 0.1) is 5.82 Å². The molecule has 1 unspecified atom stereocenters. The van der Waals surface area contributed by atoms with E-state index in [2.05, 4.69) is 12.2 Å². The van der Waals surface area contributed by atoms with Gasteiger partial charge in [-0.2, -0.15) is 0 Å². The number of hydrogen-bond acceptors (Lipinski definition) is 3. The molecule has 1 rings (SSSR count). The van der Waals surface area contributed by atoms with Crippen LogP contribution in [0.25, 0.3) is 0 Å². The minimum Gasteiger partial charge on any atom is -0.389 e. The maximum atomic E-state index is 14.2. The molecule has 1 atom stereocenters. The number of benzene rings is 1. The highest BCUT2D eigenvalue weighted by Gasteiger charge is 2.18. The van der Waals surface area contributed by atoms with Crippen molar-refractivity contribution in [2.24, 2.45) is 0 Å². The van der Waals surface area contributed by atoms with Gasteiger partial charge in [-0.15, -0.1) is 0 Å². The minimum atomic E-state index is -0.851. The summed E-state index contributed by atoms with van der Waals surface area (Å²) in [5.74, 6) is -0.251. The molecule has 0 aliphatic heterocycles. The van der Waals surface area contributed by atoms with Gasteiger partial charge in [0, 0.05) is 19.6 Å². The van der Waals surface area contributed by atoms with E-state index in [1.54, 1.807) is 37.9 Å². The Morgan fingerprint density at radius 2 is 2.05 bits per heavy atom. The van der Waals surface area contributed by atoms with Gasteiger partial charge in [0.2, 0.25) is 0 Å². The van der Waals surface area contributed by atoms with E-state index in [0.717, 1.165) is 18.5 Å². The lowest BCUT2D eigenvalue weighted by molar-refractivity contribution is 0.0885. The fourth-order valence-corrected chi connectivity index (χ4v) is 2.25. The van der Waals surface area contributed by atoms with E-state index in [1.165, 1.54) is 0 Å². The Balaban J connectivity index is 2.82. The van der Waals surface area contributed by atoms with Crippen molar-refractivity contribution in [2.75, 3.05) is 25.0 Å². The topological polar surface area (TPSA) is 35.5 Å². The highest BCUT2D eigenvalue weighted by Crippen LogP contribution is 2.24. The standard InChI is InChI=1S/C16H27FN2O/c1-6-9-18-12(2)13-7-8-15(14(17)10-13)19(5)11-16(3,4)20/h7-8,10,12,18,20H,6,9,11H2,1-5H3. The number of hydrogen-bond donors (Lipinski definition) is 2. The molecule has 0 bridgehead atoms. The maximum Gasteiger partial charge on any atom is 0.146 e. The summed E-state index contributed by atoms with van der Waals surface area (Å²) in [6.07, 6.45) is 1.05. The molecule has 4 heteroatoms. The van der Waals surface area contributed by atoms with Crippen molar-refractivity contribution in [1.82, 2.24) is 5.32 Å². The zero-order chi connectivity index (χ0) is 15.3. The van der Waals surface area contributed by atoms with Crippen LogP contribution in [0.4, 0.5) is 10.1 Å². The van der Waals surface area contributed by atoms with Crippen LogP contribution in [0.3, 0.4) is 0 Å². The molecule has 0 spiro atoms. The maximum absolute atomic E-state index is 14.2. The third-order valence-electron chi connectivity index (χ3n) is 3.21. The molecule has 0 heterocycles. The molecule has 2 N–H and O–H groups in total. The average molecular weight is 282 g/mol. The quantitative estimate of drug-likeness (QED) is 0.806. The first-order valence-electron chi connectivity index (χ1n) is 7.21. The Morgan fingerprint density at radius 3 is 2.55 bits per heavy atom. The van der Waals surface area contributed by atoms with E-state index in [4.69, 9.17) is 0 Å². The van der Waals surface area contributed by atoms with E-state index in [9.17, 15) is 9.50 Å². The number of nitrogens with one attached hydrogen (secondary N) is 1.